The van der Waals surface area contributed by atoms with Crippen LogP contribution in [0.2, 0.25) is 0 Å². The monoisotopic (exact) mass is 231 g/mol. The third kappa shape index (κ3) is 2.47. The first-order valence-corrected chi connectivity index (χ1v) is 5.58. The Hall–Kier alpha value is -1.81. The van der Waals surface area contributed by atoms with E-state index in [1.165, 1.54) is 5.56 Å². The van der Waals surface area contributed by atoms with Gasteiger partial charge in [-0.1, -0.05) is 6.07 Å². The molecule has 2 aromatic rings. The number of aromatic nitrogens is 2. The average Bonchev–Trinajstić information content (AvgIpc) is 2.78. The Morgan fingerprint density at radius 3 is 2.94 bits per heavy atom. The molecule has 0 bridgehead atoms. The van der Waals surface area contributed by atoms with Crippen molar-refractivity contribution in [3.05, 3.63) is 35.7 Å². The highest BCUT2D eigenvalue weighted by Gasteiger charge is 2.09. The summed E-state index contributed by atoms with van der Waals surface area (Å²) in [6.07, 6.45) is 1.84. The van der Waals surface area contributed by atoms with Crippen LogP contribution in [0.5, 0.6) is 5.75 Å². The molecule has 1 aromatic carbocycles. The first-order valence-electron chi connectivity index (χ1n) is 5.58. The van der Waals surface area contributed by atoms with Crippen molar-refractivity contribution in [2.45, 2.75) is 13.5 Å². The Kier molecular flexibility index (Phi) is 3.44. The summed E-state index contributed by atoms with van der Waals surface area (Å²) < 4.78 is 5.37. The number of methoxy groups -OCH3 is 1. The molecule has 4 nitrogen and oxygen atoms in total. The normalized spacial score (nSPS) is 10.5. The number of imidazole rings is 1. The lowest BCUT2D eigenvalue weighted by Gasteiger charge is -2.07. The largest absolute Gasteiger partial charge is 0.496 e. The van der Waals surface area contributed by atoms with E-state index in [2.05, 4.69) is 21.4 Å². The van der Waals surface area contributed by atoms with Gasteiger partial charge in [0.2, 0.25) is 0 Å². The zero-order valence-electron chi connectivity index (χ0n) is 10.4. The highest BCUT2D eigenvalue weighted by Crippen LogP contribution is 2.28. The first-order chi connectivity index (χ1) is 8.24. The van der Waals surface area contributed by atoms with Crippen LogP contribution in [0.1, 0.15) is 11.3 Å². The van der Waals surface area contributed by atoms with Crippen molar-refractivity contribution in [2.75, 3.05) is 14.2 Å². The molecule has 0 aliphatic carbocycles. The summed E-state index contributed by atoms with van der Waals surface area (Å²) in [4.78, 5) is 7.64. The lowest BCUT2D eigenvalue weighted by molar-refractivity contribution is 0.416. The number of aromatic amines is 1. The third-order valence-corrected chi connectivity index (χ3v) is 2.61. The summed E-state index contributed by atoms with van der Waals surface area (Å²) in [5, 5.41) is 3.08. The maximum Gasteiger partial charge on any atom is 0.141 e. The molecular weight excluding hydrogens is 214 g/mol. The molecule has 0 aliphatic rings. The molecule has 4 heteroatoms. The van der Waals surface area contributed by atoms with Gasteiger partial charge in [-0.2, -0.15) is 0 Å². The summed E-state index contributed by atoms with van der Waals surface area (Å²) in [6.45, 7) is 2.82. The number of benzene rings is 1. The maximum atomic E-state index is 5.37. The number of ether oxygens (including phenoxy) is 1. The van der Waals surface area contributed by atoms with Crippen molar-refractivity contribution < 1.29 is 4.74 Å². The van der Waals surface area contributed by atoms with Crippen LogP contribution in [0.25, 0.3) is 11.4 Å². The molecule has 0 aliphatic heterocycles. The van der Waals surface area contributed by atoms with Gasteiger partial charge in [-0.3, -0.25) is 0 Å². The fourth-order valence-corrected chi connectivity index (χ4v) is 1.77. The van der Waals surface area contributed by atoms with E-state index in [0.717, 1.165) is 29.4 Å². The Morgan fingerprint density at radius 1 is 1.41 bits per heavy atom. The quantitative estimate of drug-likeness (QED) is 0.847. The SMILES string of the molecule is CNCc1cnc(-c2ccc(C)cc2OC)[nH]1. The van der Waals surface area contributed by atoms with Crippen LogP contribution >= 0.6 is 0 Å². The number of aryl methyl sites for hydroxylation is 1. The smallest absolute Gasteiger partial charge is 0.141 e. The third-order valence-electron chi connectivity index (χ3n) is 2.61. The van der Waals surface area contributed by atoms with Gasteiger partial charge in [0.25, 0.3) is 0 Å². The predicted octanol–water partition coefficient (Wildman–Crippen LogP) is 2.11. The zero-order valence-corrected chi connectivity index (χ0v) is 10.4. The van der Waals surface area contributed by atoms with Crippen LogP contribution in [0.3, 0.4) is 0 Å². The number of nitrogens with zero attached hydrogens (tertiary/aromatic N) is 1. The minimum Gasteiger partial charge on any atom is -0.496 e. The maximum absolute atomic E-state index is 5.37. The molecular formula is C13H17N3O. The van der Waals surface area contributed by atoms with E-state index in [-0.39, 0.29) is 0 Å². The average molecular weight is 231 g/mol. The highest BCUT2D eigenvalue weighted by atomic mass is 16.5. The van der Waals surface area contributed by atoms with E-state index in [4.69, 9.17) is 4.74 Å². The molecule has 2 rings (SSSR count). The van der Waals surface area contributed by atoms with Gasteiger partial charge in [-0.15, -0.1) is 0 Å². The lowest BCUT2D eigenvalue weighted by atomic mass is 10.1. The Bertz CT molecular complexity index is 505. The van der Waals surface area contributed by atoms with Crippen LogP contribution in [0.15, 0.2) is 24.4 Å². The molecule has 90 valence electrons. The van der Waals surface area contributed by atoms with Crippen LogP contribution < -0.4 is 10.1 Å². The van der Waals surface area contributed by atoms with E-state index < -0.39 is 0 Å². The standard InChI is InChI=1S/C13H17N3O/c1-9-4-5-11(12(6-9)17-3)13-15-8-10(16-13)7-14-2/h4-6,8,14H,7H2,1-3H3,(H,15,16). The fourth-order valence-electron chi connectivity index (χ4n) is 1.77. The second-order valence-electron chi connectivity index (χ2n) is 3.99. The molecule has 1 aromatic heterocycles. The van der Waals surface area contributed by atoms with Gasteiger partial charge < -0.3 is 15.0 Å². The lowest BCUT2D eigenvalue weighted by Crippen LogP contribution is -2.04. The van der Waals surface area contributed by atoms with Crippen molar-refractivity contribution in [3.63, 3.8) is 0 Å². The molecule has 2 N–H and O–H groups in total. The van der Waals surface area contributed by atoms with E-state index in [9.17, 15) is 0 Å². The second kappa shape index (κ2) is 5.01. The summed E-state index contributed by atoms with van der Waals surface area (Å²) >= 11 is 0. The van der Waals surface area contributed by atoms with Crippen molar-refractivity contribution in [2.24, 2.45) is 0 Å². The molecule has 0 amide bonds. The molecule has 0 saturated carbocycles. The number of rotatable bonds is 4. The summed E-state index contributed by atoms with van der Waals surface area (Å²) in [5.41, 5.74) is 3.22. The minimum absolute atomic E-state index is 0.779. The Labute approximate surface area is 101 Å². The number of H-pyrrole nitrogens is 1. The highest BCUT2D eigenvalue weighted by molar-refractivity contribution is 5.65. The van der Waals surface area contributed by atoms with E-state index >= 15 is 0 Å². The molecule has 0 atom stereocenters. The number of nitrogens with one attached hydrogen (secondary N) is 2. The number of hydrogen-bond acceptors (Lipinski definition) is 3. The van der Waals surface area contributed by atoms with Gasteiger partial charge in [0.1, 0.15) is 11.6 Å². The van der Waals surface area contributed by atoms with E-state index in [1.807, 2.05) is 32.3 Å². The Balaban J connectivity index is 2.37. The molecule has 0 fully saturated rings. The molecule has 0 unspecified atom stereocenters. The molecule has 0 spiro atoms. The molecule has 1 heterocycles. The number of hydrogen-bond donors (Lipinski definition) is 2. The predicted molar refractivity (Wildman–Crippen MR) is 68.1 cm³/mol. The van der Waals surface area contributed by atoms with Gasteiger partial charge in [0.15, 0.2) is 0 Å². The first kappa shape index (κ1) is 11.7. The molecule has 17 heavy (non-hydrogen) atoms. The van der Waals surface area contributed by atoms with Crippen molar-refractivity contribution in [1.29, 1.82) is 0 Å². The van der Waals surface area contributed by atoms with Crippen molar-refractivity contribution in [1.82, 2.24) is 15.3 Å². The van der Waals surface area contributed by atoms with Crippen LogP contribution in [-0.2, 0) is 6.54 Å². The molecule has 0 saturated heterocycles. The van der Waals surface area contributed by atoms with Crippen molar-refractivity contribution in [3.8, 4) is 17.1 Å². The Morgan fingerprint density at radius 2 is 2.24 bits per heavy atom. The van der Waals surface area contributed by atoms with Crippen LogP contribution in [0.4, 0.5) is 0 Å². The van der Waals surface area contributed by atoms with Gasteiger partial charge in [0, 0.05) is 18.4 Å². The second-order valence-corrected chi connectivity index (χ2v) is 3.99. The van der Waals surface area contributed by atoms with Gasteiger partial charge in [0.05, 0.1) is 12.7 Å². The fraction of sp³-hybridized carbons (Fsp3) is 0.308. The topological polar surface area (TPSA) is 49.9 Å². The van der Waals surface area contributed by atoms with Crippen LogP contribution in [-0.4, -0.2) is 24.1 Å². The minimum atomic E-state index is 0.779. The molecule has 0 radical (unpaired) electrons. The van der Waals surface area contributed by atoms with E-state index in [0.29, 0.717) is 0 Å². The summed E-state index contributed by atoms with van der Waals surface area (Å²) in [6, 6.07) is 6.09. The summed E-state index contributed by atoms with van der Waals surface area (Å²) in [5.74, 6) is 1.68. The zero-order chi connectivity index (χ0) is 12.3. The van der Waals surface area contributed by atoms with Crippen LogP contribution in [0, 0.1) is 6.92 Å². The summed E-state index contributed by atoms with van der Waals surface area (Å²) in [7, 11) is 3.59. The van der Waals surface area contributed by atoms with Crippen molar-refractivity contribution >= 4 is 0 Å². The van der Waals surface area contributed by atoms with Gasteiger partial charge in [-0.05, 0) is 31.7 Å². The van der Waals surface area contributed by atoms with Gasteiger partial charge >= 0.3 is 0 Å². The van der Waals surface area contributed by atoms with E-state index in [1.54, 1.807) is 7.11 Å². The van der Waals surface area contributed by atoms with Gasteiger partial charge in [-0.25, -0.2) is 4.98 Å².